The average molecular weight is 261 g/mol. The molecule has 2 amide bonds. The maximum Gasteiger partial charge on any atom is 0.253 e. The number of benzene rings is 1. The van der Waals surface area contributed by atoms with Crippen molar-refractivity contribution in [2.45, 2.75) is 13.3 Å². The van der Waals surface area contributed by atoms with Crippen molar-refractivity contribution in [2.75, 3.05) is 19.6 Å². The van der Waals surface area contributed by atoms with Crippen LogP contribution < -0.4 is 11.5 Å². The number of carbonyl (C=O) groups is 2. The molecule has 0 spiro atoms. The highest BCUT2D eigenvalue weighted by Gasteiger charge is 2.35. The number of rotatable bonds is 3. The highest BCUT2D eigenvalue weighted by Crippen LogP contribution is 2.29. The van der Waals surface area contributed by atoms with Gasteiger partial charge in [0, 0.05) is 24.2 Å². The van der Waals surface area contributed by atoms with Gasteiger partial charge in [-0.05, 0) is 36.6 Å². The van der Waals surface area contributed by atoms with E-state index in [4.69, 9.17) is 11.5 Å². The predicted octanol–water partition coefficient (Wildman–Crippen LogP) is 0.596. The summed E-state index contributed by atoms with van der Waals surface area (Å²) in [6.45, 7) is 4.01. The zero-order valence-electron chi connectivity index (χ0n) is 11.1. The molecule has 0 radical (unpaired) electrons. The minimum absolute atomic E-state index is 0.00302. The number of carbonyl (C=O) groups excluding carboxylic acids is 2. The summed E-state index contributed by atoms with van der Waals surface area (Å²) < 4.78 is 0. The van der Waals surface area contributed by atoms with E-state index >= 15 is 0 Å². The fraction of sp³-hybridized carbons (Fsp3) is 0.429. The normalized spacial score (nSPS) is 22.5. The Morgan fingerprint density at radius 1 is 1.37 bits per heavy atom. The van der Waals surface area contributed by atoms with Crippen LogP contribution in [-0.4, -0.2) is 36.3 Å². The van der Waals surface area contributed by atoms with E-state index in [-0.39, 0.29) is 11.3 Å². The molecule has 0 aromatic heterocycles. The van der Waals surface area contributed by atoms with E-state index in [0.717, 1.165) is 6.42 Å². The van der Waals surface area contributed by atoms with Crippen LogP contribution in [0.2, 0.25) is 0 Å². The second kappa shape index (κ2) is 5.01. The first kappa shape index (κ1) is 13.5. The van der Waals surface area contributed by atoms with Crippen molar-refractivity contribution in [3.05, 3.63) is 35.4 Å². The second-order valence-electron chi connectivity index (χ2n) is 5.44. The van der Waals surface area contributed by atoms with Crippen molar-refractivity contribution in [3.8, 4) is 0 Å². The Kier molecular flexibility index (Phi) is 3.57. The van der Waals surface area contributed by atoms with Crippen LogP contribution in [-0.2, 0) is 0 Å². The minimum atomic E-state index is -0.525. The topological polar surface area (TPSA) is 89.4 Å². The summed E-state index contributed by atoms with van der Waals surface area (Å²) in [6.07, 6.45) is 0.907. The average Bonchev–Trinajstić information content (AvgIpc) is 2.81. The van der Waals surface area contributed by atoms with E-state index in [0.29, 0.717) is 30.8 Å². The number of amides is 2. The van der Waals surface area contributed by atoms with Crippen molar-refractivity contribution in [1.82, 2.24) is 4.90 Å². The molecule has 1 aromatic carbocycles. The largest absolute Gasteiger partial charge is 0.366 e. The lowest BCUT2D eigenvalue weighted by molar-refractivity contribution is 0.0777. The van der Waals surface area contributed by atoms with Crippen molar-refractivity contribution in [3.63, 3.8) is 0 Å². The molecule has 1 saturated heterocycles. The summed E-state index contributed by atoms with van der Waals surface area (Å²) >= 11 is 0. The summed E-state index contributed by atoms with van der Waals surface area (Å²) in [4.78, 5) is 25.3. The summed E-state index contributed by atoms with van der Waals surface area (Å²) in [5, 5.41) is 0. The molecule has 102 valence electrons. The van der Waals surface area contributed by atoms with Crippen LogP contribution in [0.1, 0.15) is 34.1 Å². The van der Waals surface area contributed by atoms with Crippen LogP contribution in [0.15, 0.2) is 24.3 Å². The van der Waals surface area contributed by atoms with Crippen molar-refractivity contribution >= 4 is 11.8 Å². The fourth-order valence-electron chi connectivity index (χ4n) is 2.35. The van der Waals surface area contributed by atoms with Gasteiger partial charge in [-0.3, -0.25) is 9.59 Å². The highest BCUT2D eigenvalue weighted by molar-refractivity contribution is 5.99. The molecule has 5 nitrogen and oxygen atoms in total. The molecule has 1 aliphatic rings. The van der Waals surface area contributed by atoms with Gasteiger partial charge in [0.25, 0.3) is 5.91 Å². The van der Waals surface area contributed by atoms with Crippen LogP contribution in [0.3, 0.4) is 0 Å². The van der Waals surface area contributed by atoms with Gasteiger partial charge in [0.2, 0.25) is 5.91 Å². The molecule has 2 rings (SSSR count). The molecular weight excluding hydrogens is 242 g/mol. The van der Waals surface area contributed by atoms with Gasteiger partial charge in [0.1, 0.15) is 0 Å². The number of hydrogen-bond acceptors (Lipinski definition) is 3. The molecule has 1 heterocycles. The SMILES string of the molecule is CC1(CN)CCN(C(=O)c2cccc(C(N)=O)c2)C1. The van der Waals surface area contributed by atoms with Crippen molar-refractivity contribution in [2.24, 2.45) is 16.9 Å². The molecule has 1 unspecified atom stereocenters. The lowest BCUT2D eigenvalue weighted by Crippen LogP contribution is -2.34. The van der Waals surface area contributed by atoms with Gasteiger partial charge in [-0.15, -0.1) is 0 Å². The molecule has 1 aromatic rings. The molecule has 4 N–H and O–H groups in total. The Morgan fingerprint density at radius 2 is 2.05 bits per heavy atom. The lowest BCUT2D eigenvalue weighted by Gasteiger charge is -2.22. The van der Waals surface area contributed by atoms with E-state index in [1.807, 2.05) is 0 Å². The van der Waals surface area contributed by atoms with Gasteiger partial charge in [-0.1, -0.05) is 13.0 Å². The number of hydrogen-bond donors (Lipinski definition) is 2. The minimum Gasteiger partial charge on any atom is -0.366 e. The quantitative estimate of drug-likeness (QED) is 0.834. The Balaban J connectivity index is 2.17. The third-order valence-corrected chi connectivity index (χ3v) is 3.73. The zero-order valence-corrected chi connectivity index (χ0v) is 11.1. The number of primary amides is 1. The van der Waals surface area contributed by atoms with Gasteiger partial charge in [0.05, 0.1) is 0 Å². The third-order valence-electron chi connectivity index (χ3n) is 3.73. The summed E-state index contributed by atoms with van der Waals surface area (Å²) in [6, 6.07) is 6.52. The number of nitrogens with zero attached hydrogens (tertiary/aromatic N) is 1. The molecule has 0 aliphatic carbocycles. The van der Waals surface area contributed by atoms with Crippen LogP contribution in [0.4, 0.5) is 0 Å². The van der Waals surface area contributed by atoms with Crippen molar-refractivity contribution < 1.29 is 9.59 Å². The summed E-state index contributed by atoms with van der Waals surface area (Å²) in [5.74, 6) is -0.594. The number of likely N-dealkylation sites (tertiary alicyclic amines) is 1. The van der Waals surface area contributed by atoms with E-state index < -0.39 is 5.91 Å². The van der Waals surface area contributed by atoms with E-state index in [9.17, 15) is 9.59 Å². The van der Waals surface area contributed by atoms with Crippen LogP contribution in [0, 0.1) is 5.41 Å². The van der Waals surface area contributed by atoms with Crippen LogP contribution in [0.5, 0.6) is 0 Å². The van der Waals surface area contributed by atoms with Gasteiger partial charge >= 0.3 is 0 Å². The Hall–Kier alpha value is -1.88. The smallest absolute Gasteiger partial charge is 0.253 e. The molecule has 0 bridgehead atoms. The van der Waals surface area contributed by atoms with Crippen LogP contribution in [0.25, 0.3) is 0 Å². The first-order chi connectivity index (χ1) is 8.95. The van der Waals surface area contributed by atoms with E-state index in [1.54, 1.807) is 29.2 Å². The highest BCUT2D eigenvalue weighted by atomic mass is 16.2. The summed E-state index contributed by atoms with van der Waals surface area (Å²) in [5.41, 5.74) is 11.8. The summed E-state index contributed by atoms with van der Waals surface area (Å²) in [7, 11) is 0. The molecule has 5 heteroatoms. The fourth-order valence-corrected chi connectivity index (χ4v) is 2.35. The van der Waals surface area contributed by atoms with Gasteiger partial charge in [-0.25, -0.2) is 0 Å². The molecule has 1 aliphatic heterocycles. The molecule has 1 fully saturated rings. The Bertz CT molecular complexity index is 515. The maximum absolute atomic E-state index is 12.4. The number of nitrogens with two attached hydrogens (primary N) is 2. The molecule has 19 heavy (non-hydrogen) atoms. The first-order valence-corrected chi connectivity index (χ1v) is 6.34. The lowest BCUT2D eigenvalue weighted by atomic mass is 9.90. The van der Waals surface area contributed by atoms with Gasteiger partial charge in [-0.2, -0.15) is 0 Å². The first-order valence-electron chi connectivity index (χ1n) is 6.34. The molecular formula is C14H19N3O2. The monoisotopic (exact) mass is 261 g/mol. The van der Waals surface area contributed by atoms with E-state index in [2.05, 4.69) is 6.92 Å². The zero-order chi connectivity index (χ0) is 14.0. The Labute approximate surface area is 112 Å². The maximum atomic E-state index is 12.4. The van der Waals surface area contributed by atoms with Gasteiger partial charge < -0.3 is 16.4 Å². The van der Waals surface area contributed by atoms with Crippen molar-refractivity contribution in [1.29, 1.82) is 0 Å². The Morgan fingerprint density at radius 3 is 2.63 bits per heavy atom. The second-order valence-corrected chi connectivity index (χ2v) is 5.44. The molecule has 1 atom stereocenters. The standard InChI is InChI=1S/C14H19N3O2/c1-14(8-15)5-6-17(9-14)13(19)11-4-2-3-10(7-11)12(16)18/h2-4,7H,5-6,8-9,15H2,1H3,(H2,16,18). The van der Waals surface area contributed by atoms with E-state index in [1.165, 1.54) is 0 Å². The third kappa shape index (κ3) is 2.76. The predicted molar refractivity (Wildman–Crippen MR) is 72.6 cm³/mol. The van der Waals surface area contributed by atoms with Crippen LogP contribution >= 0.6 is 0 Å². The van der Waals surface area contributed by atoms with Gasteiger partial charge in [0.15, 0.2) is 0 Å². The molecule has 0 saturated carbocycles.